The Kier molecular flexibility index (Phi) is 7.49. The largest absolute Gasteiger partial charge is 0.460 e. The lowest BCUT2D eigenvalue weighted by Gasteiger charge is -2.26. The second-order valence-electron chi connectivity index (χ2n) is 9.97. The first-order valence-corrected chi connectivity index (χ1v) is 12.0. The lowest BCUT2D eigenvalue weighted by Crippen LogP contribution is -2.46. The first-order chi connectivity index (χ1) is 16.8. The third kappa shape index (κ3) is 6.92. The molecule has 1 amide bonds. The molecule has 6 nitrogen and oxygen atoms in total. The van der Waals surface area contributed by atoms with E-state index in [1.165, 1.54) is 0 Å². The number of esters is 1. The molecule has 1 fully saturated rings. The number of ether oxygens (including phenoxy) is 2. The van der Waals surface area contributed by atoms with Gasteiger partial charge in [-0.2, -0.15) is 0 Å². The summed E-state index contributed by atoms with van der Waals surface area (Å²) < 4.78 is 11.3. The number of aromatic nitrogens is 1. The summed E-state index contributed by atoms with van der Waals surface area (Å²) in [7, 11) is 0. The molecule has 0 radical (unpaired) electrons. The van der Waals surface area contributed by atoms with Crippen molar-refractivity contribution in [3.63, 3.8) is 0 Å². The highest BCUT2D eigenvalue weighted by molar-refractivity contribution is 5.75. The number of rotatable bonds is 7. The van der Waals surface area contributed by atoms with Gasteiger partial charge in [-0.3, -0.25) is 9.78 Å². The van der Waals surface area contributed by atoms with Crippen molar-refractivity contribution in [3.05, 3.63) is 90.1 Å². The minimum atomic E-state index is -0.613. The van der Waals surface area contributed by atoms with Crippen LogP contribution in [-0.2, 0) is 27.1 Å². The summed E-state index contributed by atoms with van der Waals surface area (Å²) >= 11 is 0. The highest BCUT2D eigenvalue weighted by Crippen LogP contribution is 2.29. The molecule has 1 saturated heterocycles. The van der Waals surface area contributed by atoms with Crippen molar-refractivity contribution in [2.24, 2.45) is 5.92 Å². The zero-order chi connectivity index (χ0) is 24.8. The smallest absolute Gasteiger partial charge is 0.408 e. The SMILES string of the molecule is CC(C)(C)OC(=O)N[C@@H](Cc1ccccc1)[C@@H]1C[C@H](Cc2ccc(-c3ccccn3)cc2)C(=O)O1. The van der Waals surface area contributed by atoms with Crippen molar-refractivity contribution in [2.45, 2.75) is 57.8 Å². The molecule has 35 heavy (non-hydrogen) atoms. The quantitative estimate of drug-likeness (QED) is 0.469. The van der Waals surface area contributed by atoms with E-state index in [4.69, 9.17) is 9.47 Å². The van der Waals surface area contributed by atoms with Gasteiger partial charge in [0, 0.05) is 18.2 Å². The number of cyclic esters (lactones) is 1. The first-order valence-electron chi connectivity index (χ1n) is 12.0. The van der Waals surface area contributed by atoms with E-state index >= 15 is 0 Å². The van der Waals surface area contributed by atoms with Gasteiger partial charge >= 0.3 is 12.1 Å². The van der Waals surface area contributed by atoms with Crippen molar-refractivity contribution in [3.8, 4) is 11.3 Å². The zero-order valence-corrected chi connectivity index (χ0v) is 20.4. The number of hydrogen-bond acceptors (Lipinski definition) is 5. The number of alkyl carbamates (subject to hydrolysis) is 1. The number of carbonyl (C=O) groups excluding carboxylic acids is 2. The summed E-state index contributed by atoms with van der Waals surface area (Å²) in [6, 6.07) is 23.4. The van der Waals surface area contributed by atoms with Crippen LogP contribution in [0.25, 0.3) is 11.3 Å². The molecule has 182 valence electrons. The minimum absolute atomic E-state index is 0.229. The van der Waals surface area contributed by atoms with E-state index in [1.54, 1.807) is 6.20 Å². The molecule has 3 aromatic rings. The molecular weight excluding hydrogens is 440 g/mol. The van der Waals surface area contributed by atoms with Gasteiger partial charge < -0.3 is 14.8 Å². The Hall–Kier alpha value is -3.67. The summed E-state index contributed by atoms with van der Waals surface area (Å²) in [5, 5.41) is 2.95. The van der Waals surface area contributed by atoms with Gasteiger partial charge in [-0.05, 0) is 56.9 Å². The van der Waals surface area contributed by atoms with Gasteiger partial charge in [0.05, 0.1) is 17.7 Å². The maximum Gasteiger partial charge on any atom is 0.408 e. The summed E-state index contributed by atoms with van der Waals surface area (Å²) in [4.78, 5) is 29.7. The molecule has 6 heteroatoms. The van der Waals surface area contributed by atoms with E-state index in [2.05, 4.69) is 10.3 Å². The molecule has 1 aromatic heterocycles. The lowest BCUT2D eigenvalue weighted by molar-refractivity contribution is -0.145. The number of carbonyl (C=O) groups is 2. The van der Waals surface area contributed by atoms with Crippen molar-refractivity contribution in [2.75, 3.05) is 0 Å². The number of hydrogen-bond donors (Lipinski definition) is 1. The van der Waals surface area contributed by atoms with Crippen molar-refractivity contribution >= 4 is 12.1 Å². The maximum atomic E-state index is 12.8. The summed E-state index contributed by atoms with van der Waals surface area (Å²) in [5.74, 6) is -0.493. The van der Waals surface area contributed by atoms with Gasteiger partial charge in [0.25, 0.3) is 0 Å². The van der Waals surface area contributed by atoms with E-state index in [0.29, 0.717) is 19.3 Å². The topological polar surface area (TPSA) is 77.5 Å². The molecular formula is C29H32N2O4. The molecule has 1 aliphatic heterocycles. The predicted octanol–water partition coefficient (Wildman–Crippen LogP) is 5.36. The van der Waals surface area contributed by atoms with Crippen LogP contribution in [0, 0.1) is 5.92 Å². The van der Waals surface area contributed by atoms with Crippen LogP contribution in [0.15, 0.2) is 79.0 Å². The second kappa shape index (κ2) is 10.7. The molecule has 1 aliphatic rings. The zero-order valence-electron chi connectivity index (χ0n) is 20.4. The Morgan fingerprint density at radius 3 is 2.40 bits per heavy atom. The molecule has 0 spiro atoms. The number of pyridine rings is 1. The van der Waals surface area contributed by atoms with Gasteiger partial charge in [-0.15, -0.1) is 0 Å². The number of amides is 1. The molecule has 0 unspecified atom stereocenters. The molecule has 0 saturated carbocycles. The van der Waals surface area contributed by atoms with Crippen LogP contribution in [0.1, 0.15) is 38.3 Å². The van der Waals surface area contributed by atoms with Gasteiger partial charge in [0.1, 0.15) is 11.7 Å². The van der Waals surface area contributed by atoms with E-state index in [-0.39, 0.29) is 17.9 Å². The maximum absolute atomic E-state index is 12.8. The summed E-state index contributed by atoms with van der Waals surface area (Å²) in [6.07, 6.45) is 2.51. The Bertz CT molecular complexity index is 1120. The van der Waals surface area contributed by atoms with E-state index in [9.17, 15) is 9.59 Å². The van der Waals surface area contributed by atoms with E-state index in [0.717, 1.165) is 22.4 Å². The van der Waals surface area contributed by atoms with Gasteiger partial charge in [0.2, 0.25) is 0 Å². The monoisotopic (exact) mass is 472 g/mol. The standard InChI is InChI=1S/C29H32N2O4/c1-29(2,3)35-28(33)31-25(18-20-9-5-4-6-10-20)26-19-23(27(32)34-26)17-21-12-14-22(15-13-21)24-11-7-8-16-30-24/h4-16,23,25-26H,17-19H2,1-3H3,(H,31,33)/t23-,25-,26-/m0/s1. The Morgan fingerprint density at radius 2 is 1.74 bits per heavy atom. The van der Waals surface area contributed by atoms with Crippen LogP contribution < -0.4 is 5.32 Å². The van der Waals surface area contributed by atoms with Gasteiger partial charge in [-0.1, -0.05) is 60.7 Å². The first kappa shape index (κ1) is 24.5. The molecule has 0 aliphatic carbocycles. The summed E-state index contributed by atoms with van der Waals surface area (Å²) in [5.41, 5.74) is 3.45. The minimum Gasteiger partial charge on any atom is -0.460 e. The van der Waals surface area contributed by atoms with Crippen LogP contribution in [0.2, 0.25) is 0 Å². The molecule has 3 atom stereocenters. The van der Waals surface area contributed by atoms with E-state index < -0.39 is 17.8 Å². The average molecular weight is 473 g/mol. The van der Waals surface area contributed by atoms with Crippen molar-refractivity contribution in [1.29, 1.82) is 0 Å². The number of benzene rings is 2. The van der Waals surface area contributed by atoms with Gasteiger partial charge in [0.15, 0.2) is 0 Å². The second-order valence-corrected chi connectivity index (χ2v) is 9.97. The van der Waals surface area contributed by atoms with E-state index in [1.807, 2.05) is 93.6 Å². The highest BCUT2D eigenvalue weighted by Gasteiger charge is 2.40. The van der Waals surface area contributed by atoms with Crippen LogP contribution in [0.5, 0.6) is 0 Å². The fraction of sp³-hybridized carbons (Fsp3) is 0.345. The molecule has 2 aromatic carbocycles. The fourth-order valence-electron chi connectivity index (χ4n) is 4.32. The Labute approximate surface area is 206 Å². The number of nitrogens with one attached hydrogen (secondary N) is 1. The Balaban J connectivity index is 1.43. The van der Waals surface area contributed by atoms with Crippen molar-refractivity contribution < 1.29 is 19.1 Å². The molecule has 4 rings (SSSR count). The third-order valence-electron chi connectivity index (χ3n) is 5.96. The number of nitrogens with zero attached hydrogens (tertiary/aromatic N) is 1. The normalized spacial score (nSPS) is 18.5. The lowest BCUT2D eigenvalue weighted by atomic mass is 9.91. The highest BCUT2D eigenvalue weighted by atomic mass is 16.6. The molecule has 0 bridgehead atoms. The molecule has 2 heterocycles. The van der Waals surface area contributed by atoms with Crippen LogP contribution in [0.4, 0.5) is 4.79 Å². The summed E-state index contributed by atoms with van der Waals surface area (Å²) in [6.45, 7) is 5.47. The van der Waals surface area contributed by atoms with Gasteiger partial charge in [-0.25, -0.2) is 4.79 Å². The Morgan fingerprint density at radius 1 is 1.03 bits per heavy atom. The third-order valence-corrected chi connectivity index (χ3v) is 5.96. The van der Waals surface area contributed by atoms with Crippen LogP contribution in [-0.4, -0.2) is 34.8 Å². The van der Waals surface area contributed by atoms with Crippen LogP contribution >= 0.6 is 0 Å². The fourth-order valence-corrected chi connectivity index (χ4v) is 4.32. The van der Waals surface area contributed by atoms with Crippen molar-refractivity contribution in [1.82, 2.24) is 10.3 Å². The predicted molar refractivity (Wildman–Crippen MR) is 135 cm³/mol. The molecule has 1 N–H and O–H groups in total. The average Bonchev–Trinajstić information content (AvgIpc) is 3.19. The van der Waals surface area contributed by atoms with Crippen LogP contribution in [0.3, 0.4) is 0 Å².